The van der Waals surface area contributed by atoms with Gasteiger partial charge in [0.05, 0.1) is 15.9 Å². The average Bonchev–Trinajstić information content (AvgIpc) is 2.57. The summed E-state index contributed by atoms with van der Waals surface area (Å²) in [5, 5.41) is 8.19. The lowest BCUT2D eigenvalue weighted by molar-refractivity contribution is 0.0452. The van der Waals surface area contributed by atoms with Crippen LogP contribution in [0.2, 0.25) is 0 Å². The molecule has 1 unspecified atom stereocenters. The van der Waals surface area contributed by atoms with Crippen LogP contribution in [0.3, 0.4) is 0 Å². The maximum absolute atomic E-state index is 4.51. The van der Waals surface area contributed by atoms with E-state index in [1.807, 2.05) is 18.7 Å². The molecular formula is C15H27BrN4. The summed E-state index contributed by atoms with van der Waals surface area (Å²) in [4.78, 5) is 2.58. The van der Waals surface area contributed by atoms with Crippen molar-refractivity contribution in [1.82, 2.24) is 20.0 Å². The van der Waals surface area contributed by atoms with Gasteiger partial charge in [-0.25, -0.2) is 0 Å². The topological polar surface area (TPSA) is 33.1 Å². The molecule has 1 aromatic rings. The van der Waals surface area contributed by atoms with E-state index in [0.717, 1.165) is 29.8 Å². The normalized spacial score (nSPS) is 23.5. The van der Waals surface area contributed by atoms with Crippen molar-refractivity contribution in [3.8, 4) is 0 Å². The Balaban J connectivity index is 2.20. The molecule has 1 aliphatic rings. The fourth-order valence-electron chi connectivity index (χ4n) is 2.80. The van der Waals surface area contributed by atoms with Gasteiger partial charge in [-0.05, 0) is 42.6 Å². The molecule has 0 saturated carbocycles. The van der Waals surface area contributed by atoms with Crippen molar-refractivity contribution in [2.75, 3.05) is 13.1 Å². The van der Waals surface area contributed by atoms with Gasteiger partial charge in [-0.2, -0.15) is 5.10 Å². The SMILES string of the molecule is Cc1nn(C)c(CN2CC(C(C)C)NCC2(C)C)c1Br. The van der Waals surface area contributed by atoms with E-state index < -0.39 is 0 Å². The van der Waals surface area contributed by atoms with Crippen LogP contribution in [0.25, 0.3) is 0 Å². The second-order valence-corrected chi connectivity index (χ2v) is 7.69. The minimum atomic E-state index is 0.170. The summed E-state index contributed by atoms with van der Waals surface area (Å²) in [7, 11) is 2.03. The third-order valence-electron chi connectivity index (χ3n) is 4.48. The highest BCUT2D eigenvalue weighted by Crippen LogP contribution is 2.27. The number of aromatic nitrogens is 2. The molecule has 1 aliphatic heterocycles. The van der Waals surface area contributed by atoms with Gasteiger partial charge in [0, 0.05) is 38.3 Å². The Morgan fingerprint density at radius 2 is 2.10 bits per heavy atom. The summed E-state index contributed by atoms with van der Waals surface area (Å²) in [6, 6.07) is 0.566. The molecule has 1 aromatic heterocycles. The van der Waals surface area contributed by atoms with Crippen LogP contribution in [0.4, 0.5) is 0 Å². The van der Waals surface area contributed by atoms with Gasteiger partial charge in [0.2, 0.25) is 0 Å². The van der Waals surface area contributed by atoms with Crippen molar-refractivity contribution in [2.24, 2.45) is 13.0 Å². The lowest BCUT2D eigenvalue weighted by Gasteiger charge is -2.47. The van der Waals surface area contributed by atoms with Gasteiger partial charge in [0.1, 0.15) is 0 Å². The first-order valence-corrected chi connectivity index (χ1v) is 8.18. The molecule has 1 N–H and O–H groups in total. The molecule has 0 bridgehead atoms. The largest absolute Gasteiger partial charge is 0.311 e. The Morgan fingerprint density at radius 1 is 1.45 bits per heavy atom. The molecule has 0 aromatic carbocycles. The number of piperazine rings is 1. The predicted molar refractivity (Wildman–Crippen MR) is 86.8 cm³/mol. The van der Waals surface area contributed by atoms with E-state index in [0.29, 0.717) is 12.0 Å². The number of rotatable bonds is 3. The van der Waals surface area contributed by atoms with Crippen molar-refractivity contribution < 1.29 is 0 Å². The number of halogens is 1. The van der Waals surface area contributed by atoms with Crippen LogP contribution in [-0.2, 0) is 13.6 Å². The van der Waals surface area contributed by atoms with E-state index in [1.165, 1.54) is 5.69 Å². The standard InChI is InChI=1S/C15H27BrN4/c1-10(2)12-7-20(15(4,5)9-17-12)8-13-14(16)11(3)18-19(13)6/h10,12,17H,7-9H2,1-6H3. The summed E-state index contributed by atoms with van der Waals surface area (Å²) >= 11 is 3.68. The van der Waals surface area contributed by atoms with Crippen LogP contribution in [-0.4, -0.2) is 39.4 Å². The molecule has 1 atom stereocenters. The maximum atomic E-state index is 4.51. The van der Waals surface area contributed by atoms with Gasteiger partial charge in [-0.3, -0.25) is 9.58 Å². The summed E-state index contributed by atoms with van der Waals surface area (Å²) in [5.41, 5.74) is 2.50. The molecule has 114 valence electrons. The number of hydrogen-bond acceptors (Lipinski definition) is 3. The fourth-order valence-corrected chi connectivity index (χ4v) is 3.26. The summed E-state index contributed by atoms with van der Waals surface area (Å²) in [6.45, 7) is 14.3. The number of nitrogens with zero attached hydrogens (tertiary/aromatic N) is 3. The molecule has 1 fully saturated rings. The number of aryl methyl sites for hydroxylation is 2. The summed E-state index contributed by atoms with van der Waals surface area (Å²) < 4.78 is 3.15. The quantitative estimate of drug-likeness (QED) is 0.916. The van der Waals surface area contributed by atoms with Gasteiger partial charge in [-0.1, -0.05) is 13.8 Å². The van der Waals surface area contributed by atoms with E-state index in [1.54, 1.807) is 0 Å². The van der Waals surface area contributed by atoms with Crippen molar-refractivity contribution >= 4 is 15.9 Å². The summed E-state index contributed by atoms with van der Waals surface area (Å²) in [6.07, 6.45) is 0. The Morgan fingerprint density at radius 3 is 2.60 bits per heavy atom. The van der Waals surface area contributed by atoms with Crippen LogP contribution in [0.5, 0.6) is 0 Å². The Bertz CT molecular complexity index is 478. The number of hydrogen-bond donors (Lipinski definition) is 1. The predicted octanol–water partition coefficient (Wildman–Crippen LogP) is 2.70. The highest BCUT2D eigenvalue weighted by Gasteiger charge is 2.35. The first-order valence-electron chi connectivity index (χ1n) is 7.39. The first kappa shape index (κ1) is 16.0. The average molecular weight is 343 g/mol. The van der Waals surface area contributed by atoms with Crippen LogP contribution >= 0.6 is 15.9 Å². The third-order valence-corrected chi connectivity index (χ3v) is 5.51. The molecular weight excluding hydrogens is 316 g/mol. The van der Waals surface area contributed by atoms with E-state index in [2.05, 4.69) is 58.9 Å². The maximum Gasteiger partial charge on any atom is 0.0739 e. The molecule has 4 nitrogen and oxygen atoms in total. The lowest BCUT2D eigenvalue weighted by Crippen LogP contribution is -2.62. The van der Waals surface area contributed by atoms with E-state index in [9.17, 15) is 0 Å². The van der Waals surface area contributed by atoms with Gasteiger partial charge in [-0.15, -0.1) is 0 Å². The zero-order valence-corrected chi connectivity index (χ0v) is 15.1. The molecule has 2 rings (SSSR count). The second-order valence-electron chi connectivity index (χ2n) is 6.89. The smallest absolute Gasteiger partial charge is 0.0739 e. The molecule has 0 amide bonds. The number of nitrogens with one attached hydrogen (secondary N) is 1. The molecule has 0 spiro atoms. The molecule has 2 heterocycles. The second kappa shape index (κ2) is 5.78. The van der Waals surface area contributed by atoms with Crippen molar-refractivity contribution in [3.63, 3.8) is 0 Å². The van der Waals surface area contributed by atoms with E-state index >= 15 is 0 Å². The van der Waals surface area contributed by atoms with Crippen LogP contribution in [0.15, 0.2) is 4.47 Å². The van der Waals surface area contributed by atoms with Crippen LogP contribution in [0.1, 0.15) is 39.1 Å². The Labute approximate surface area is 131 Å². The zero-order chi connectivity index (χ0) is 15.1. The summed E-state index contributed by atoms with van der Waals surface area (Å²) in [5.74, 6) is 0.658. The highest BCUT2D eigenvalue weighted by atomic mass is 79.9. The first-order chi connectivity index (χ1) is 9.22. The molecule has 1 saturated heterocycles. The van der Waals surface area contributed by atoms with Crippen LogP contribution in [0, 0.1) is 12.8 Å². The minimum Gasteiger partial charge on any atom is -0.311 e. The fraction of sp³-hybridized carbons (Fsp3) is 0.800. The Kier molecular flexibility index (Phi) is 4.62. The van der Waals surface area contributed by atoms with Gasteiger partial charge in [0.15, 0.2) is 0 Å². The lowest BCUT2D eigenvalue weighted by atomic mass is 9.92. The molecule has 20 heavy (non-hydrogen) atoms. The van der Waals surface area contributed by atoms with Gasteiger partial charge in [0.25, 0.3) is 0 Å². The molecule has 0 aliphatic carbocycles. The zero-order valence-electron chi connectivity index (χ0n) is 13.5. The molecule has 5 heteroatoms. The van der Waals surface area contributed by atoms with Crippen molar-refractivity contribution in [2.45, 2.75) is 52.7 Å². The third kappa shape index (κ3) is 3.10. The minimum absolute atomic E-state index is 0.170. The highest BCUT2D eigenvalue weighted by molar-refractivity contribution is 9.10. The van der Waals surface area contributed by atoms with Crippen LogP contribution < -0.4 is 5.32 Å². The van der Waals surface area contributed by atoms with Crippen molar-refractivity contribution in [1.29, 1.82) is 0 Å². The van der Waals surface area contributed by atoms with E-state index in [4.69, 9.17) is 0 Å². The monoisotopic (exact) mass is 342 g/mol. The van der Waals surface area contributed by atoms with Gasteiger partial charge >= 0.3 is 0 Å². The van der Waals surface area contributed by atoms with E-state index in [-0.39, 0.29) is 5.54 Å². The van der Waals surface area contributed by atoms with Gasteiger partial charge < -0.3 is 5.32 Å². The molecule has 0 radical (unpaired) electrons. The van der Waals surface area contributed by atoms with Crippen molar-refractivity contribution in [3.05, 3.63) is 15.9 Å². The Hall–Kier alpha value is -0.390.